The number of nitrogens with zero attached hydrogens (tertiary/aromatic N) is 6. The average Bonchev–Trinajstić information content (AvgIpc) is 3.41. The average molecular weight is 601 g/mol. The van der Waals surface area contributed by atoms with Gasteiger partial charge in [-0.3, -0.25) is 9.48 Å². The summed E-state index contributed by atoms with van der Waals surface area (Å²) in [4.78, 5) is 23.8. The highest BCUT2D eigenvalue weighted by Crippen LogP contribution is 2.47. The van der Waals surface area contributed by atoms with Crippen molar-refractivity contribution in [1.29, 1.82) is 0 Å². The first-order valence-corrected chi connectivity index (χ1v) is 12.4. The number of hydrogen-bond donors (Lipinski definition) is 2. The number of nitrogens with one attached hydrogen (secondary N) is 2. The molecular formula is C24H22ClF5N8O3. The summed E-state index contributed by atoms with van der Waals surface area (Å²) < 4.78 is 81.8. The molecule has 0 aliphatic heterocycles. The molecule has 5 rings (SSSR count). The first-order chi connectivity index (χ1) is 19.3. The van der Waals surface area contributed by atoms with Gasteiger partial charge in [-0.15, -0.1) is 0 Å². The Morgan fingerprint density at radius 1 is 1.15 bits per heavy atom. The number of aryl methyl sites for hydroxylation is 1. The van der Waals surface area contributed by atoms with E-state index < -0.39 is 23.8 Å². The zero-order chi connectivity index (χ0) is 29.7. The van der Waals surface area contributed by atoms with Crippen molar-refractivity contribution in [3.8, 4) is 11.5 Å². The fraction of sp³-hybridized carbons (Fsp3) is 0.375. The third-order valence-electron chi connectivity index (χ3n) is 6.47. The van der Waals surface area contributed by atoms with E-state index in [1.165, 1.54) is 50.2 Å². The molecule has 1 fully saturated rings. The molecule has 0 bridgehead atoms. The van der Waals surface area contributed by atoms with Crippen LogP contribution in [0.5, 0.6) is 11.5 Å². The fourth-order valence-electron chi connectivity index (χ4n) is 4.30. The summed E-state index contributed by atoms with van der Waals surface area (Å²) in [5.74, 6) is -5.05. The van der Waals surface area contributed by atoms with Crippen LogP contribution in [0, 0.1) is 0 Å². The number of rotatable bonds is 8. The Bertz CT molecular complexity index is 1620. The Kier molecular flexibility index (Phi) is 7.23. The molecule has 1 saturated carbocycles. The topological polar surface area (TPSA) is 121 Å². The summed E-state index contributed by atoms with van der Waals surface area (Å²) in [7, 11) is 2.97. The number of amides is 1. The molecule has 17 heteroatoms. The summed E-state index contributed by atoms with van der Waals surface area (Å²) in [6.07, 6.45) is -2.90. The van der Waals surface area contributed by atoms with Gasteiger partial charge in [0, 0.05) is 39.4 Å². The Morgan fingerprint density at radius 2 is 1.88 bits per heavy atom. The lowest BCUT2D eigenvalue weighted by molar-refractivity contribution is -0.292. The highest BCUT2D eigenvalue weighted by atomic mass is 35.5. The molecule has 0 spiro atoms. The number of halogens is 6. The molecule has 1 aliphatic rings. The number of pyridine rings is 2. The summed E-state index contributed by atoms with van der Waals surface area (Å²) in [5, 5.41) is 9.33. The van der Waals surface area contributed by atoms with Gasteiger partial charge in [0.15, 0.2) is 17.2 Å². The van der Waals surface area contributed by atoms with E-state index in [2.05, 4.69) is 30.7 Å². The van der Waals surface area contributed by atoms with Gasteiger partial charge in [-0.1, -0.05) is 11.6 Å². The zero-order valence-electron chi connectivity index (χ0n) is 21.6. The molecule has 0 saturated heterocycles. The van der Waals surface area contributed by atoms with Crippen LogP contribution in [0.15, 0.2) is 30.6 Å². The number of fused-ring (bicyclic) bond motifs is 1. The summed E-state index contributed by atoms with van der Waals surface area (Å²) >= 11 is 6.58. The molecule has 11 nitrogen and oxygen atoms in total. The summed E-state index contributed by atoms with van der Waals surface area (Å²) in [6.45, 7) is 1.33. The minimum atomic E-state index is -5.82. The normalized spacial score (nSPS) is 17.4. The maximum Gasteiger partial charge on any atom is 0.459 e. The minimum Gasteiger partial charge on any atom is -0.454 e. The first kappa shape index (κ1) is 28.5. The lowest BCUT2D eigenvalue weighted by atomic mass is 9.89. The summed E-state index contributed by atoms with van der Waals surface area (Å²) in [6, 6.07) is 2.95. The molecule has 41 heavy (non-hydrogen) atoms. The molecule has 2 N–H and O–H groups in total. The molecule has 1 aliphatic carbocycles. The van der Waals surface area contributed by atoms with Crippen LogP contribution in [0.3, 0.4) is 0 Å². The van der Waals surface area contributed by atoms with Crippen molar-refractivity contribution in [2.45, 2.75) is 44.0 Å². The smallest absolute Gasteiger partial charge is 0.454 e. The zero-order valence-corrected chi connectivity index (χ0v) is 22.4. The first-order valence-electron chi connectivity index (χ1n) is 12.0. The standard InChI is InChI=1S/C24H22ClF5N8O3/c1-11(39)33-17-8-13(4-5-31-17)41-15-10-32-21-20(19(15)25)37(2)22(35-21)34-18-9-16(23(26,27)24(28,29)30)38(36-18)12-6-14(7-12)40-3/h4-5,8-10,12,14H,6-7H2,1-3H3,(H,31,33,39)(H,32,34,35,36)/t12-,14+. The number of anilines is 3. The van der Waals surface area contributed by atoms with Crippen molar-refractivity contribution in [1.82, 2.24) is 29.3 Å². The van der Waals surface area contributed by atoms with Gasteiger partial charge in [-0.05, 0) is 18.9 Å². The van der Waals surface area contributed by atoms with E-state index in [0.29, 0.717) is 16.5 Å². The molecule has 4 aromatic rings. The van der Waals surface area contributed by atoms with Crippen LogP contribution in [0.4, 0.5) is 39.5 Å². The lowest BCUT2D eigenvalue weighted by Crippen LogP contribution is -2.40. The fourth-order valence-corrected chi connectivity index (χ4v) is 4.60. The number of alkyl halides is 5. The van der Waals surface area contributed by atoms with Crippen LogP contribution >= 0.6 is 11.6 Å². The highest BCUT2D eigenvalue weighted by molar-refractivity contribution is 6.36. The van der Waals surface area contributed by atoms with Gasteiger partial charge in [-0.2, -0.15) is 32.0 Å². The van der Waals surface area contributed by atoms with Gasteiger partial charge in [0.2, 0.25) is 11.9 Å². The SMILES string of the molecule is CO[C@H]1C[C@@H](n2nc(Nc3nc4ncc(Oc5ccnc(NC(C)=O)c5)c(Cl)c4n3C)cc2C(F)(F)C(F)(F)F)C1. The second kappa shape index (κ2) is 10.4. The molecule has 4 aromatic heterocycles. The Hall–Kier alpha value is -4.05. The predicted molar refractivity (Wildman–Crippen MR) is 137 cm³/mol. The molecule has 1 amide bonds. The van der Waals surface area contributed by atoms with Gasteiger partial charge in [-0.25, -0.2) is 9.97 Å². The van der Waals surface area contributed by atoms with Gasteiger partial charge >= 0.3 is 12.1 Å². The van der Waals surface area contributed by atoms with Crippen molar-refractivity contribution in [2.75, 3.05) is 17.7 Å². The molecule has 218 valence electrons. The van der Waals surface area contributed by atoms with E-state index in [-0.39, 0.29) is 64.4 Å². The Balaban J connectivity index is 1.45. The minimum absolute atomic E-state index is 0.0262. The van der Waals surface area contributed by atoms with Crippen molar-refractivity contribution in [3.63, 3.8) is 0 Å². The number of imidazole rings is 1. The van der Waals surface area contributed by atoms with E-state index in [4.69, 9.17) is 21.1 Å². The molecule has 4 heterocycles. The predicted octanol–water partition coefficient (Wildman–Crippen LogP) is 5.71. The Morgan fingerprint density at radius 3 is 2.54 bits per heavy atom. The summed E-state index contributed by atoms with van der Waals surface area (Å²) in [5.41, 5.74) is -0.873. The quantitative estimate of drug-likeness (QED) is 0.247. The number of methoxy groups -OCH3 is 1. The van der Waals surface area contributed by atoms with E-state index in [9.17, 15) is 26.7 Å². The van der Waals surface area contributed by atoms with Crippen LogP contribution in [0.25, 0.3) is 11.2 Å². The molecule has 0 atom stereocenters. The highest BCUT2D eigenvalue weighted by Gasteiger charge is 2.61. The maximum absolute atomic E-state index is 14.5. The van der Waals surface area contributed by atoms with Crippen molar-refractivity contribution in [3.05, 3.63) is 41.3 Å². The van der Waals surface area contributed by atoms with E-state index in [0.717, 1.165) is 0 Å². The van der Waals surface area contributed by atoms with Crippen molar-refractivity contribution < 1.29 is 36.2 Å². The van der Waals surface area contributed by atoms with Crippen LogP contribution in [-0.2, 0) is 22.5 Å². The van der Waals surface area contributed by atoms with Gasteiger partial charge < -0.3 is 24.7 Å². The van der Waals surface area contributed by atoms with Crippen LogP contribution in [-0.4, -0.2) is 54.6 Å². The van der Waals surface area contributed by atoms with Crippen LogP contribution in [0.1, 0.15) is 31.5 Å². The van der Waals surface area contributed by atoms with Gasteiger partial charge in [0.1, 0.15) is 27.8 Å². The largest absolute Gasteiger partial charge is 0.459 e. The van der Waals surface area contributed by atoms with Crippen molar-refractivity contribution >= 4 is 46.3 Å². The van der Waals surface area contributed by atoms with E-state index in [1.807, 2.05) is 0 Å². The number of aromatic nitrogens is 6. The second-order valence-corrected chi connectivity index (χ2v) is 9.68. The van der Waals surface area contributed by atoms with Crippen LogP contribution < -0.4 is 15.4 Å². The molecular weight excluding hydrogens is 579 g/mol. The number of ether oxygens (including phenoxy) is 2. The van der Waals surface area contributed by atoms with Gasteiger partial charge in [0.25, 0.3) is 0 Å². The molecule has 0 radical (unpaired) electrons. The number of carbonyl (C=O) groups excluding carboxylic acids is 1. The van der Waals surface area contributed by atoms with Gasteiger partial charge in [0.05, 0.1) is 18.3 Å². The number of carbonyl (C=O) groups is 1. The van der Waals surface area contributed by atoms with E-state index in [1.54, 1.807) is 0 Å². The number of hydrogen-bond acceptors (Lipinski definition) is 8. The molecule has 0 aromatic carbocycles. The van der Waals surface area contributed by atoms with Crippen LogP contribution in [0.2, 0.25) is 5.02 Å². The van der Waals surface area contributed by atoms with Crippen molar-refractivity contribution in [2.24, 2.45) is 7.05 Å². The maximum atomic E-state index is 14.5. The third kappa shape index (κ3) is 5.36. The monoisotopic (exact) mass is 600 g/mol. The Labute approximate surface area is 233 Å². The lowest BCUT2D eigenvalue weighted by Gasteiger charge is -2.36. The second-order valence-electron chi connectivity index (χ2n) is 9.30. The molecule has 0 unspecified atom stereocenters. The third-order valence-corrected chi connectivity index (χ3v) is 6.84. The van der Waals surface area contributed by atoms with E-state index >= 15 is 0 Å².